The molecular formula is C23H36N8O11. The highest BCUT2D eigenvalue weighted by Gasteiger charge is 2.32. The standard InChI is InChI=1S/C23H36N8O11/c1-24-9-15(32)28-13(7-26-17(34)11-31-18(35)4-5-19(31)36)22(40)30-12(3-6-20(37)38)21(39)27-8-14(23(41)42)29-16(33)10-25-2/h12-14,24-25H,3-11H2,1-2H3,(H,26,34)(H,27,39)(H,28,32)(H,29,33)(H,30,40)(H,37,38)(H,41,42)/t12-,13-,14-/m0/s1. The SMILES string of the molecule is CNCC(=O)N[C@@H](CNC(=O)[C@H](CCC(=O)O)NC(=O)[C@H](CNC(=O)CN1C(=O)CCC1=O)NC(=O)CNC)C(=O)O. The van der Waals surface area contributed by atoms with Crippen molar-refractivity contribution in [3.63, 3.8) is 0 Å². The molecule has 1 fully saturated rings. The van der Waals surface area contributed by atoms with E-state index in [0.29, 0.717) is 0 Å². The number of likely N-dealkylation sites (tertiary alicyclic amines) is 1. The zero-order chi connectivity index (χ0) is 31.8. The van der Waals surface area contributed by atoms with E-state index < -0.39 is 104 Å². The van der Waals surface area contributed by atoms with Gasteiger partial charge in [-0.3, -0.25) is 43.3 Å². The molecule has 234 valence electrons. The summed E-state index contributed by atoms with van der Waals surface area (Å²) >= 11 is 0. The fourth-order valence-corrected chi connectivity index (χ4v) is 3.57. The number of imide groups is 1. The van der Waals surface area contributed by atoms with Crippen molar-refractivity contribution in [2.24, 2.45) is 0 Å². The minimum Gasteiger partial charge on any atom is -0.481 e. The van der Waals surface area contributed by atoms with E-state index >= 15 is 0 Å². The fraction of sp³-hybridized carbons (Fsp3) is 0.609. The molecule has 3 atom stereocenters. The van der Waals surface area contributed by atoms with Gasteiger partial charge in [0.05, 0.1) is 13.1 Å². The fourth-order valence-electron chi connectivity index (χ4n) is 3.57. The van der Waals surface area contributed by atoms with Crippen LogP contribution in [0.4, 0.5) is 0 Å². The van der Waals surface area contributed by atoms with Gasteiger partial charge >= 0.3 is 11.9 Å². The number of nitrogens with one attached hydrogen (secondary N) is 7. The Bertz CT molecular complexity index is 1050. The molecule has 0 saturated carbocycles. The van der Waals surface area contributed by atoms with Gasteiger partial charge in [-0.15, -0.1) is 0 Å². The maximum absolute atomic E-state index is 13.1. The average Bonchev–Trinajstić information content (AvgIpc) is 3.22. The summed E-state index contributed by atoms with van der Waals surface area (Å²) in [5, 5.41) is 34.8. The normalized spacial score (nSPS) is 14.8. The van der Waals surface area contributed by atoms with Crippen LogP contribution in [-0.4, -0.2) is 133 Å². The average molecular weight is 601 g/mol. The van der Waals surface area contributed by atoms with Crippen LogP contribution in [-0.2, 0) is 43.2 Å². The highest BCUT2D eigenvalue weighted by molar-refractivity contribution is 6.04. The third kappa shape index (κ3) is 12.7. The Kier molecular flexibility index (Phi) is 15.1. The first-order chi connectivity index (χ1) is 19.8. The topological polar surface area (TPSA) is 282 Å². The van der Waals surface area contributed by atoms with Gasteiger partial charge in [-0.25, -0.2) is 4.79 Å². The largest absolute Gasteiger partial charge is 0.481 e. The lowest BCUT2D eigenvalue weighted by Crippen LogP contribution is -2.59. The molecule has 1 heterocycles. The Morgan fingerprint density at radius 2 is 1.24 bits per heavy atom. The summed E-state index contributed by atoms with van der Waals surface area (Å²) < 4.78 is 0. The monoisotopic (exact) mass is 600 g/mol. The van der Waals surface area contributed by atoms with Gasteiger partial charge in [0.2, 0.25) is 41.4 Å². The van der Waals surface area contributed by atoms with E-state index in [1.807, 2.05) is 0 Å². The Hall–Kier alpha value is -4.65. The summed E-state index contributed by atoms with van der Waals surface area (Å²) in [5.74, 6) is -7.98. The molecule has 1 saturated heterocycles. The predicted octanol–water partition coefficient (Wildman–Crippen LogP) is -5.79. The number of carbonyl (C=O) groups is 9. The third-order valence-electron chi connectivity index (χ3n) is 5.68. The van der Waals surface area contributed by atoms with E-state index in [1.165, 1.54) is 14.1 Å². The number of hydrogen-bond donors (Lipinski definition) is 9. The van der Waals surface area contributed by atoms with Gasteiger partial charge in [0.1, 0.15) is 24.7 Å². The second-order valence-corrected chi connectivity index (χ2v) is 9.06. The van der Waals surface area contributed by atoms with E-state index in [2.05, 4.69) is 37.2 Å². The van der Waals surface area contributed by atoms with Gasteiger partial charge in [-0.2, -0.15) is 0 Å². The number of nitrogens with zero attached hydrogens (tertiary/aromatic N) is 1. The quantitative estimate of drug-likeness (QED) is 0.0626. The van der Waals surface area contributed by atoms with Gasteiger partial charge < -0.3 is 47.4 Å². The van der Waals surface area contributed by atoms with E-state index in [1.54, 1.807) is 0 Å². The predicted molar refractivity (Wildman–Crippen MR) is 140 cm³/mol. The Labute approximate surface area is 239 Å². The second-order valence-electron chi connectivity index (χ2n) is 9.06. The van der Waals surface area contributed by atoms with Crippen molar-refractivity contribution in [2.45, 2.75) is 43.8 Å². The number of likely N-dealkylation sites (N-methyl/N-ethyl adjacent to an activating group) is 2. The molecule has 0 spiro atoms. The van der Waals surface area contributed by atoms with Crippen LogP contribution in [0.2, 0.25) is 0 Å². The van der Waals surface area contributed by atoms with E-state index in [0.717, 1.165) is 4.90 Å². The first kappa shape index (κ1) is 35.4. The third-order valence-corrected chi connectivity index (χ3v) is 5.68. The van der Waals surface area contributed by atoms with Crippen molar-refractivity contribution >= 4 is 53.3 Å². The van der Waals surface area contributed by atoms with Gasteiger partial charge in [0, 0.05) is 32.4 Å². The van der Waals surface area contributed by atoms with Crippen molar-refractivity contribution in [1.82, 2.24) is 42.1 Å². The van der Waals surface area contributed by atoms with Crippen molar-refractivity contribution in [1.29, 1.82) is 0 Å². The summed E-state index contributed by atoms with van der Waals surface area (Å²) in [5.41, 5.74) is 0. The molecule has 19 heteroatoms. The van der Waals surface area contributed by atoms with Crippen LogP contribution in [0.3, 0.4) is 0 Å². The first-order valence-corrected chi connectivity index (χ1v) is 12.8. The Balaban J connectivity index is 2.96. The molecule has 0 aromatic carbocycles. The maximum atomic E-state index is 13.1. The van der Waals surface area contributed by atoms with Gasteiger partial charge in [0.25, 0.3) is 0 Å². The van der Waals surface area contributed by atoms with Crippen LogP contribution in [0.5, 0.6) is 0 Å². The Morgan fingerprint density at radius 3 is 1.74 bits per heavy atom. The van der Waals surface area contributed by atoms with Crippen LogP contribution < -0.4 is 37.2 Å². The van der Waals surface area contributed by atoms with Crippen LogP contribution >= 0.6 is 0 Å². The lowest BCUT2D eigenvalue weighted by molar-refractivity contribution is -0.142. The Morgan fingerprint density at radius 1 is 0.714 bits per heavy atom. The van der Waals surface area contributed by atoms with E-state index in [4.69, 9.17) is 5.11 Å². The highest BCUT2D eigenvalue weighted by Crippen LogP contribution is 2.10. The molecule has 1 aliphatic heterocycles. The molecule has 0 aliphatic carbocycles. The van der Waals surface area contributed by atoms with Crippen molar-refractivity contribution < 1.29 is 53.4 Å². The van der Waals surface area contributed by atoms with Crippen LogP contribution in [0, 0.1) is 0 Å². The zero-order valence-electron chi connectivity index (χ0n) is 23.1. The minimum atomic E-state index is -1.54. The molecule has 19 nitrogen and oxygen atoms in total. The molecule has 1 rings (SSSR count). The van der Waals surface area contributed by atoms with Gasteiger partial charge in [-0.1, -0.05) is 0 Å². The number of rotatable bonds is 19. The second kappa shape index (κ2) is 17.9. The molecule has 0 aromatic heterocycles. The maximum Gasteiger partial charge on any atom is 0.328 e. The highest BCUT2D eigenvalue weighted by atomic mass is 16.4. The number of aliphatic carboxylic acids is 2. The van der Waals surface area contributed by atoms with E-state index in [-0.39, 0.29) is 25.9 Å². The lowest BCUT2D eigenvalue weighted by atomic mass is 10.1. The zero-order valence-corrected chi connectivity index (χ0v) is 23.1. The minimum absolute atomic E-state index is 0.0352. The lowest BCUT2D eigenvalue weighted by Gasteiger charge is -2.24. The molecule has 42 heavy (non-hydrogen) atoms. The van der Waals surface area contributed by atoms with Gasteiger partial charge in [0.15, 0.2) is 0 Å². The molecule has 9 N–H and O–H groups in total. The van der Waals surface area contributed by atoms with Crippen molar-refractivity contribution in [2.75, 3.05) is 46.8 Å². The smallest absolute Gasteiger partial charge is 0.328 e. The molecule has 0 bridgehead atoms. The number of carboxylic acid groups (broad SMARTS) is 2. The van der Waals surface area contributed by atoms with E-state index in [9.17, 15) is 48.3 Å². The molecule has 7 amide bonds. The first-order valence-electron chi connectivity index (χ1n) is 12.8. The van der Waals surface area contributed by atoms with Crippen LogP contribution in [0.1, 0.15) is 25.7 Å². The summed E-state index contributed by atoms with van der Waals surface area (Å²) in [6, 6.07) is -4.54. The molecule has 0 aromatic rings. The molecule has 0 unspecified atom stereocenters. The van der Waals surface area contributed by atoms with Crippen molar-refractivity contribution in [3.8, 4) is 0 Å². The van der Waals surface area contributed by atoms with Crippen molar-refractivity contribution in [3.05, 3.63) is 0 Å². The number of amides is 7. The summed E-state index contributed by atoms with van der Waals surface area (Å²) in [7, 11) is 2.92. The summed E-state index contributed by atoms with van der Waals surface area (Å²) in [6.45, 7) is -2.16. The summed E-state index contributed by atoms with van der Waals surface area (Å²) in [6.07, 6.45) is -1.08. The number of carboxylic acids is 2. The van der Waals surface area contributed by atoms with Crippen LogP contribution in [0.25, 0.3) is 0 Å². The molecule has 0 radical (unpaired) electrons. The number of carbonyl (C=O) groups excluding carboxylic acids is 7. The van der Waals surface area contributed by atoms with Gasteiger partial charge in [-0.05, 0) is 20.5 Å². The molecular weight excluding hydrogens is 564 g/mol. The van der Waals surface area contributed by atoms with Crippen LogP contribution in [0.15, 0.2) is 0 Å². The summed E-state index contributed by atoms with van der Waals surface area (Å²) in [4.78, 5) is 109. The molecule has 1 aliphatic rings. The number of hydrogen-bond acceptors (Lipinski definition) is 11.